The third-order valence-corrected chi connectivity index (χ3v) is 2.69. The van der Waals surface area contributed by atoms with Gasteiger partial charge in [0.25, 0.3) is 0 Å². The van der Waals surface area contributed by atoms with E-state index in [2.05, 4.69) is 13.8 Å². The van der Waals surface area contributed by atoms with Gasteiger partial charge in [0.05, 0.1) is 0 Å². The second kappa shape index (κ2) is 5.01. The first-order valence-corrected chi connectivity index (χ1v) is 5.45. The van der Waals surface area contributed by atoms with E-state index in [0.717, 1.165) is 12.0 Å². The summed E-state index contributed by atoms with van der Waals surface area (Å²) in [6.45, 7) is 4.22. The number of hydrogen-bond acceptors (Lipinski definition) is 1. The fourth-order valence-electron chi connectivity index (χ4n) is 1.24. The number of halogens is 2. The Bertz CT molecular complexity index is 290. The van der Waals surface area contributed by atoms with Gasteiger partial charge in [-0.15, -0.1) is 0 Å². The molecule has 0 aliphatic rings. The van der Waals surface area contributed by atoms with Crippen molar-refractivity contribution in [2.75, 3.05) is 0 Å². The van der Waals surface area contributed by atoms with Crippen LogP contribution >= 0.6 is 23.2 Å². The molecule has 1 unspecified atom stereocenters. The third-order valence-electron chi connectivity index (χ3n) is 2.25. The van der Waals surface area contributed by atoms with Crippen molar-refractivity contribution < 1.29 is 0 Å². The van der Waals surface area contributed by atoms with Crippen LogP contribution in [0.15, 0.2) is 18.2 Å². The van der Waals surface area contributed by atoms with Crippen LogP contribution in [0, 0.1) is 5.92 Å². The minimum atomic E-state index is 0.157. The summed E-state index contributed by atoms with van der Waals surface area (Å²) in [5.41, 5.74) is 7.06. The van der Waals surface area contributed by atoms with Gasteiger partial charge in [-0.2, -0.15) is 0 Å². The quantitative estimate of drug-likeness (QED) is 0.847. The van der Waals surface area contributed by atoms with Crippen LogP contribution in [0.5, 0.6) is 0 Å². The number of nitrogens with two attached hydrogens (primary N) is 1. The highest BCUT2D eigenvalue weighted by molar-refractivity contribution is 6.34. The summed E-state index contributed by atoms with van der Waals surface area (Å²) < 4.78 is 0. The summed E-state index contributed by atoms with van der Waals surface area (Å²) in [4.78, 5) is 0. The van der Waals surface area contributed by atoms with E-state index in [4.69, 9.17) is 28.9 Å². The highest BCUT2D eigenvalue weighted by atomic mass is 35.5. The summed E-state index contributed by atoms with van der Waals surface area (Å²) in [6, 6.07) is 5.71. The molecule has 1 nitrogen and oxygen atoms in total. The molecule has 0 heterocycles. The molecule has 1 aromatic carbocycles. The molecule has 0 aromatic heterocycles. The van der Waals surface area contributed by atoms with E-state index in [0.29, 0.717) is 16.0 Å². The lowest BCUT2D eigenvalue weighted by Crippen LogP contribution is -2.28. The van der Waals surface area contributed by atoms with Crippen LogP contribution in [0.25, 0.3) is 0 Å². The molecule has 0 amide bonds. The van der Waals surface area contributed by atoms with Crippen molar-refractivity contribution in [3.63, 3.8) is 0 Å². The Morgan fingerprint density at radius 1 is 1.14 bits per heavy atom. The molecule has 0 aliphatic carbocycles. The Hall–Kier alpha value is -0.240. The molecular weight excluding hydrogens is 217 g/mol. The summed E-state index contributed by atoms with van der Waals surface area (Å²) >= 11 is 11.8. The van der Waals surface area contributed by atoms with Crippen LogP contribution < -0.4 is 5.73 Å². The van der Waals surface area contributed by atoms with Gasteiger partial charge in [-0.1, -0.05) is 37.0 Å². The van der Waals surface area contributed by atoms with E-state index < -0.39 is 0 Å². The van der Waals surface area contributed by atoms with Crippen molar-refractivity contribution in [2.45, 2.75) is 26.3 Å². The van der Waals surface area contributed by atoms with Crippen molar-refractivity contribution in [2.24, 2.45) is 11.7 Å². The molecule has 0 spiro atoms. The Labute approximate surface area is 95.2 Å². The van der Waals surface area contributed by atoms with Crippen molar-refractivity contribution in [1.29, 1.82) is 0 Å². The van der Waals surface area contributed by atoms with E-state index in [-0.39, 0.29) is 6.04 Å². The lowest BCUT2D eigenvalue weighted by atomic mass is 9.97. The molecule has 0 radical (unpaired) electrons. The molecule has 78 valence electrons. The van der Waals surface area contributed by atoms with Gasteiger partial charge in [-0.05, 0) is 36.1 Å². The molecule has 0 bridgehead atoms. The Kier molecular flexibility index (Phi) is 4.24. The number of benzene rings is 1. The van der Waals surface area contributed by atoms with Gasteiger partial charge in [-0.3, -0.25) is 0 Å². The summed E-state index contributed by atoms with van der Waals surface area (Å²) in [5, 5.41) is 1.34. The topological polar surface area (TPSA) is 26.0 Å². The van der Waals surface area contributed by atoms with Gasteiger partial charge in [-0.25, -0.2) is 0 Å². The first-order valence-electron chi connectivity index (χ1n) is 4.69. The maximum atomic E-state index is 5.96. The lowest BCUT2D eigenvalue weighted by molar-refractivity contribution is 0.490. The molecule has 0 aliphatic heterocycles. The first kappa shape index (κ1) is 11.8. The van der Waals surface area contributed by atoms with E-state index in [1.54, 1.807) is 6.07 Å². The van der Waals surface area contributed by atoms with Crippen LogP contribution in [0.4, 0.5) is 0 Å². The van der Waals surface area contributed by atoms with E-state index in [9.17, 15) is 0 Å². The molecule has 0 fully saturated rings. The van der Waals surface area contributed by atoms with Crippen LogP contribution in [-0.2, 0) is 6.42 Å². The van der Waals surface area contributed by atoms with E-state index >= 15 is 0 Å². The SMILES string of the molecule is CC(C)C(N)Cc1cc(Cl)cc(Cl)c1. The van der Waals surface area contributed by atoms with Crippen LogP contribution in [-0.4, -0.2) is 6.04 Å². The number of rotatable bonds is 3. The minimum absolute atomic E-state index is 0.157. The summed E-state index contributed by atoms with van der Waals surface area (Å²) in [7, 11) is 0. The Balaban J connectivity index is 2.76. The van der Waals surface area contributed by atoms with E-state index in [1.165, 1.54) is 0 Å². The average molecular weight is 232 g/mol. The molecule has 1 aromatic rings. The Morgan fingerprint density at radius 3 is 2.07 bits per heavy atom. The summed E-state index contributed by atoms with van der Waals surface area (Å²) in [6.07, 6.45) is 0.817. The zero-order valence-electron chi connectivity index (χ0n) is 8.43. The summed E-state index contributed by atoms with van der Waals surface area (Å²) in [5.74, 6) is 0.466. The van der Waals surface area contributed by atoms with Gasteiger partial charge in [0.15, 0.2) is 0 Å². The van der Waals surface area contributed by atoms with Crippen LogP contribution in [0.1, 0.15) is 19.4 Å². The smallest absolute Gasteiger partial charge is 0.0423 e. The largest absolute Gasteiger partial charge is 0.327 e. The monoisotopic (exact) mass is 231 g/mol. The fourth-order valence-corrected chi connectivity index (χ4v) is 1.81. The lowest BCUT2D eigenvalue weighted by Gasteiger charge is -2.15. The van der Waals surface area contributed by atoms with Gasteiger partial charge >= 0.3 is 0 Å². The molecule has 14 heavy (non-hydrogen) atoms. The van der Waals surface area contributed by atoms with Crippen LogP contribution in [0.3, 0.4) is 0 Å². The molecule has 1 atom stereocenters. The molecule has 1 rings (SSSR count). The van der Waals surface area contributed by atoms with Crippen molar-refractivity contribution in [3.8, 4) is 0 Å². The predicted molar refractivity (Wildman–Crippen MR) is 63.0 cm³/mol. The van der Waals surface area contributed by atoms with Crippen molar-refractivity contribution >= 4 is 23.2 Å². The highest BCUT2D eigenvalue weighted by Gasteiger charge is 2.09. The van der Waals surface area contributed by atoms with Crippen LogP contribution in [0.2, 0.25) is 10.0 Å². The molecular formula is C11H15Cl2N. The van der Waals surface area contributed by atoms with Gasteiger partial charge < -0.3 is 5.73 Å². The molecule has 0 saturated carbocycles. The average Bonchev–Trinajstić information content (AvgIpc) is 2.01. The Morgan fingerprint density at radius 2 is 1.64 bits per heavy atom. The maximum absolute atomic E-state index is 5.96. The zero-order valence-corrected chi connectivity index (χ0v) is 9.94. The second-order valence-corrected chi connectivity index (χ2v) is 4.76. The molecule has 0 saturated heterocycles. The van der Waals surface area contributed by atoms with Gasteiger partial charge in [0.2, 0.25) is 0 Å². The highest BCUT2D eigenvalue weighted by Crippen LogP contribution is 2.20. The predicted octanol–water partition coefficient (Wildman–Crippen LogP) is 3.52. The molecule has 3 heteroatoms. The first-order chi connectivity index (χ1) is 6.49. The van der Waals surface area contributed by atoms with Gasteiger partial charge in [0.1, 0.15) is 0 Å². The van der Waals surface area contributed by atoms with Crippen molar-refractivity contribution in [3.05, 3.63) is 33.8 Å². The fraction of sp³-hybridized carbons (Fsp3) is 0.455. The zero-order chi connectivity index (χ0) is 10.7. The van der Waals surface area contributed by atoms with Gasteiger partial charge in [0, 0.05) is 16.1 Å². The maximum Gasteiger partial charge on any atom is 0.0423 e. The molecule has 2 N–H and O–H groups in total. The van der Waals surface area contributed by atoms with Crippen molar-refractivity contribution in [1.82, 2.24) is 0 Å². The minimum Gasteiger partial charge on any atom is -0.327 e. The number of hydrogen-bond donors (Lipinski definition) is 1. The van der Waals surface area contributed by atoms with E-state index in [1.807, 2.05) is 12.1 Å². The third kappa shape index (κ3) is 3.49. The normalized spacial score (nSPS) is 13.3. The second-order valence-electron chi connectivity index (χ2n) is 3.89. The standard InChI is InChI=1S/C11H15Cl2N/c1-7(2)11(14)5-8-3-9(12)6-10(13)4-8/h3-4,6-7,11H,5,14H2,1-2H3.